The number of benzene rings is 6. The van der Waals surface area contributed by atoms with E-state index in [0.717, 1.165) is 98.9 Å². The first-order valence-electron chi connectivity index (χ1n) is 16.2. The third-order valence-corrected chi connectivity index (χ3v) is 9.81. The maximum atomic E-state index is 6.31. The van der Waals surface area contributed by atoms with Gasteiger partial charge in [-0.25, -0.2) is 15.0 Å². The SMILES string of the molecule is C1=CNC(c2nc3ccc4ccccc4c3nc2-c2ccc3c(c2)c2ccccc2c2nc4cc5c(cn4c32)oc2ccccc25)C=C1. The predicted octanol–water partition coefficient (Wildman–Crippen LogP) is 10.2. The summed E-state index contributed by atoms with van der Waals surface area (Å²) < 4.78 is 8.50. The zero-order chi connectivity index (χ0) is 31.3. The van der Waals surface area contributed by atoms with E-state index in [1.165, 1.54) is 0 Å². The number of nitrogens with one attached hydrogen (secondary N) is 1. The molecular weight excluding hydrogens is 590 g/mol. The Labute approximate surface area is 273 Å². The molecule has 1 aliphatic rings. The third-order valence-electron chi connectivity index (χ3n) is 9.81. The Morgan fingerprint density at radius 1 is 0.604 bits per heavy atom. The van der Waals surface area contributed by atoms with Crippen molar-refractivity contribution in [2.24, 2.45) is 0 Å². The van der Waals surface area contributed by atoms with Crippen LogP contribution in [0.5, 0.6) is 0 Å². The predicted molar refractivity (Wildman–Crippen MR) is 195 cm³/mol. The number of nitrogens with zero attached hydrogens (tertiary/aromatic N) is 4. The van der Waals surface area contributed by atoms with Crippen LogP contribution < -0.4 is 5.32 Å². The molecule has 48 heavy (non-hydrogen) atoms. The summed E-state index contributed by atoms with van der Waals surface area (Å²) >= 11 is 0. The smallest absolute Gasteiger partial charge is 0.152 e. The van der Waals surface area contributed by atoms with Crippen molar-refractivity contribution < 1.29 is 4.42 Å². The van der Waals surface area contributed by atoms with Gasteiger partial charge < -0.3 is 9.73 Å². The highest BCUT2D eigenvalue weighted by Gasteiger charge is 2.22. The second-order valence-corrected chi connectivity index (χ2v) is 12.5. The second kappa shape index (κ2) is 9.50. The highest BCUT2D eigenvalue weighted by Crippen LogP contribution is 2.40. The molecule has 0 aliphatic carbocycles. The van der Waals surface area contributed by atoms with Gasteiger partial charge in [0, 0.05) is 32.5 Å². The van der Waals surface area contributed by atoms with Gasteiger partial charge in [0.05, 0.1) is 45.7 Å². The number of rotatable bonds is 2. The van der Waals surface area contributed by atoms with Gasteiger partial charge in [-0.05, 0) is 52.7 Å². The van der Waals surface area contributed by atoms with Crippen molar-refractivity contribution in [3.05, 3.63) is 146 Å². The summed E-state index contributed by atoms with van der Waals surface area (Å²) in [6.07, 6.45) is 10.3. The second-order valence-electron chi connectivity index (χ2n) is 12.5. The van der Waals surface area contributed by atoms with Crippen LogP contribution in [0.3, 0.4) is 0 Å². The first-order valence-corrected chi connectivity index (χ1v) is 16.2. The summed E-state index contributed by atoms with van der Waals surface area (Å²) in [5.74, 6) is 0. The van der Waals surface area contributed by atoms with E-state index in [2.05, 4.69) is 119 Å². The normalized spacial score (nSPS) is 14.9. The minimum atomic E-state index is -0.103. The molecule has 1 N–H and O–H groups in total. The van der Waals surface area contributed by atoms with E-state index < -0.39 is 0 Å². The molecule has 4 aromatic heterocycles. The van der Waals surface area contributed by atoms with Gasteiger partial charge in [-0.2, -0.15) is 0 Å². The summed E-state index contributed by atoms with van der Waals surface area (Å²) in [5, 5.41) is 12.4. The van der Waals surface area contributed by atoms with Crippen LogP contribution >= 0.6 is 0 Å². The number of pyridine rings is 1. The van der Waals surface area contributed by atoms with Crippen molar-refractivity contribution in [1.82, 2.24) is 24.7 Å². The van der Waals surface area contributed by atoms with Crippen LogP contribution in [0, 0.1) is 0 Å². The minimum absolute atomic E-state index is 0.103. The summed E-state index contributed by atoms with van der Waals surface area (Å²) in [6.45, 7) is 0. The lowest BCUT2D eigenvalue weighted by Gasteiger charge is -2.20. The van der Waals surface area contributed by atoms with Crippen LogP contribution in [0.4, 0.5) is 0 Å². The van der Waals surface area contributed by atoms with Crippen LogP contribution in [0.2, 0.25) is 0 Å². The molecule has 10 aromatic rings. The molecule has 0 saturated carbocycles. The lowest BCUT2D eigenvalue weighted by atomic mass is 9.95. The van der Waals surface area contributed by atoms with Gasteiger partial charge in [0.25, 0.3) is 0 Å². The number of aromatic nitrogens is 4. The molecule has 6 aromatic carbocycles. The Morgan fingerprint density at radius 2 is 1.44 bits per heavy atom. The highest BCUT2D eigenvalue weighted by atomic mass is 16.3. The Morgan fingerprint density at radius 3 is 2.33 bits per heavy atom. The molecule has 224 valence electrons. The van der Waals surface area contributed by atoms with E-state index in [1.54, 1.807) is 0 Å². The fraction of sp³-hybridized carbons (Fsp3) is 0.0238. The summed E-state index contributed by atoms with van der Waals surface area (Å²) in [6, 6.07) is 38.1. The summed E-state index contributed by atoms with van der Waals surface area (Å²) in [5.41, 5.74) is 9.20. The maximum absolute atomic E-state index is 6.31. The van der Waals surface area contributed by atoms with Crippen LogP contribution in [0.1, 0.15) is 11.7 Å². The molecule has 0 amide bonds. The van der Waals surface area contributed by atoms with Gasteiger partial charge >= 0.3 is 0 Å². The van der Waals surface area contributed by atoms with E-state index in [1.807, 2.05) is 30.5 Å². The number of para-hydroxylation sites is 1. The van der Waals surface area contributed by atoms with Crippen LogP contribution in [0.15, 0.2) is 144 Å². The fourth-order valence-electron chi connectivity index (χ4n) is 7.60. The third kappa shape index (κ3) is 3.54. The maximum Gasteiger partial charge on any atom is 0.152 e. The first kappa shape index (κ1) is 25.6. The van der Waals surface area contributed by atoms with Gasteiger partial charge in [0.15, 0.2) is 5.58 Å². The van der Waals surface area contributed by atoms with Gasteiger partial charge in [0.1, 0.15) is 11.2 Å². The number of imidazole rings is 1. The van der Waals surface area contributed by atoms with Gasteiger partial charge in [-0.3, -0.25) is 4.40 Å². The van der Waals surface area contributed by atoms with Gasteiger partial charge in [0.2, 0.25) is 0 Å². The van der Waals surface area contributed by atoms with Crippen molar-refractivity contribution in [2.75, 3.05) is 0 Å². The highest BCUT2D eigenvalue weighted by molar-refractivity contribution is 6.25. The summed E-state index contributed by atoms with van der Waals surface area (Å²) in [7, 11) is 0. The lowest BCUT2D eigenvalue weighted by molar-refractivity contribution is 0.666. The number of allylic oxidation sites excluding steroid dienone is 2. The minimum Gasteiger partial charge on any atom is -0.455 e. The number of hydrogen-bond acceptors (Lipinski definition) is 5. The average Bonchev–Trinajstić information content (AvgIpc) is 3.71. The average molecular weight is 616 g/mol. The van der Waals surface area contributed by atoms with E-state index >= 15 is 0 Å². The largest absolute Gasteiger partial charge is 0.455 e. The Hall–Kier alpha value is -6.53. The molecular formula is C42H25N5O. The number of hydrogen-bond donors (Lipinski definition) is 1. The molecule has 0 spiro atoms. The van der Waals surface area contributed by atoms with E-state index in [4.69, 9.17) is 19.4 Å². The molecule has 0 fully saturated rings. The standard InChI is InChI=1S/C42H25N5O/c1-2-10-26-24(9-1)17-19-34-39(26)46-38(41(44-34)33-14-7-8-20-43-33)25-16-18-30-31(21-25)27-11-3-4-13-29(27)40-42(30)47-23-36-32(22-37(47)45-40)28-12-5-6-15-35(28)48-36/h1-23,33,43H. The van der Waals surface area contributed by atoms with E-state index in [-0.39, 0.29) is 6.04 Å². The lowest BCUT2D eigenvalue weighted by Crippen LogP contribution is -2.18. The zero-order valence-corrected chi connectivity index (χ0v) is 25.6. The Kier molecular flexibility index (Phi) is 5.07. The topological polar surface area (TPSA) is 68.2 Å². The van der Waals surface area contributed by atoms with E-state index in [9.17, 15) is 0 Å². The molecule has 11 rings (SSSR count). The van der Waals surface area contributed by atoms with Gasteiger partial charge in [-0.15, -0.1) is 0 Å². The quantitative estimate of drug-likeness (QED) is 0.196. The van der Waals surface area contributed by atoms with Crippen molar-refractivity contribution in [1.29, 1.82) is 0 Å². The molecule has 6 nitrogen and oxygen atoms in total. The zero-order valence-electron chi connectivity index (χ0n) is 25.6. The fourth-order valence-corrected chi connectivity index (χ4v) is 7.60. The molecule has 5 heterocycles. The van der Waals surface area contributed by atoms with Crippen LogP contribution in [0.25, 0.3) is 93.2 Å². The molecule has 0 bridgehead atoms. The number of furan rings is 1. The molecule has 0 saturated heterocycles. The van der Waals surface area contributed by atoms with Crippen LogP contribution in [-0.2, 0) is 0 Å². The Balaban J connectivity index is 1.23. The van der Waals surface area contributed by atoms with Crippen molar-refractivity contribution in [2.45, 2.75) is 6.04 Å². The molecule has 1 unspecified atom stereocenters. The Bertz CT molecular complexity index is 3060. The van der Waals surface area contributed by atoms with Gasteiger partial charge in [-0.1, -0.05) is 97.1 Å². The van der Waals surface area contributed by atoms with Crippen molar-refractivity contribution >= 4 is 82.0 Å². The van der Waals surface area contributed by atoms with Crippen LogP contribution in [-0.4, -0.2) is 19.4 Å². The monoisotopic (exact) mass is 615 g/mol. The summed E-state index contributed by atoms with van der Waals surface area (Å²) in [4.78, 5) is 15.9. The molecule has 0 radical (unpaired) electrons. The number of fused-ring (bicyclic) bond motifs is 14. The molecule has 6 heteroatoms. The molecule has 1 atom stereocenters. The van der Waals surface area contributed by atoms with Crippen molar-refractivity contribution in [3.63, 3.8) is 0 Å². The van der Waals surface area contributed by atoms with E-state index in [0.29, 0.717) is 0 Å². The van der Waals surface area contributed by atoms with Crippen molar-refractivity contribution in [3.8, 4) is 11.3 Å². The number of dihydropyridines is 1. The molecule has 1 aliphatic heterocycles. The first-order chi connectivity index (χ1) is 23.8.